The number of carbonyl (C=O) groups excluding carboxylic acids is 1. The lowest BCUT2D eigenvalue weighted by molar-refractivity contribution is 0.0699. The minimum Gasteiger partial charge on any atom is -0.351 e. The van der Waals surface area contributed by atoms with Gasteiger partial charge >= 0.3 is 0 Å². The maximum atomic E-state index is 13.0. The van der Waals surface area contributed by atoms with E-state index in [2.05, 4.69) is 15.2 Å². The van der Waals surface area contributed by atoms with E-state index in [1.807, 2.05) is 64.0 Å². The Morgan fingerprint density at radius 2 is 2.00 bits per heavy atom. The van der Waals surface area contributed by atoms with Crippen molar-refractivity contribution in [2.75, 3.05) is 13.1 Å². The molecule has 1 fully saturated rings. The molecule has 0 aliphatic carbocycles. The van der Waals surface area contributed by atoms with Gasteiger partial charge in [-0.1, -0.05) is 24.3 Å². The number of aromatic amines is 1. The molecular formula is C20H19N5O. The Bertz CT molecular complexity index is 1060. The second kappa shape index (κ2) is 5.98. The summed E-state index contributed by atoms with van der Waals surface area (Å²) >= 11 is 0. The standard InChI is InChI=1S/C20H19N5O/c26-20(17-12-14-6-1-2-8-16(14)21-17)24-10-5-7-15(13-24)19-23-22-18-9-3-4-11-25(18)19/h1-4,6,8-9,11-12,15,21H,5,7,10,13H2. The van der Waals surface area contributed by atoms with E-state index >= 15 is 0 Å². The van der Waals surface area contributed by atoms with Crippen LogP contribution in [0.4, 0.5) is 0 Å². The Balaban J connectivity index is 1.42. The summed E-state index contributed by atoms with van der Waals surface area (Å²) in [6.07, 6.45) is 3.98. The van der Waals surface area contributed by atoms with Crippen LogP contribution in [0, 0.1) is 0 Å². The number of hydrogen-bond acceptors (Lipinski definition) is 3. The van der Waals surface area contributed by atoms with Gasteiger partial charge in [0.25, 0.3) is 5.91 Å². The van der Waals surface area contributed by atoms with Crippen molar-refractivity contribution in [2.45, 2.75) is 18.8 Å². The van der Waals surface area contributed by atoms with Gasteiger partial charge in [0.1, 0.15) is 11.5 Å². The first-order valence-electron chi connectivity index (χ1n) is 8.96. The van der Waals surface area contributed by atoms with Crippen LogP contribution in [0.15, 0.2) is 54.7 Å². The van der Waals surface area contributed by atoms with Crippen molar-refractivity contribution in [1.29, 1.82) is 0 Å². The lowest BCUT2D eigenvalue weighted by Gasteiger charge is -2.31. The fourth-order valence-electron chi connectivity index (χ4n) is 3.87. The number of aromatic nitrogens is 4. The van der Waals surface area contributed by atoms with Gasteiger partial charge in [-0.2, -0.15) is 0 Å². The van der Waals surface area contributed by atoms with E-state index in [-0.39, 0.29) is 11.8 Å². The van der Waals surface area contributed by atoms with E-state index in [0.29, 0.717) is 12.2 Å². The first-order chi connectivity index (χ1) is 12.8. The van der Waals surface area contributed by atoms with Crippen molar-refractivity contribution >= 4 is 22.5 Å². The molecule has 4 heterocycles. The SMILES string of the molecule is O=C(c1cc2ccccc2[nH]1)N1CCCC(c2nnc3ccccn23)C1. The molecule has 4 aromatic rings. The zero-order chi connectivity index (χ0) is 17.5. The Hall–Kier alpha value is -3.15. The molecule has 0 saturated carbocycles. The zero-order valence-electron chi connectivity index (χ0n) is 14.3. The normalized spacial score (nSPS) is 17.8. The molecule has 1 saturated heterocycles. The number of amides is 1. The number of rotatable bonds is 2. The monoisotopic (exact) mass is 345 g/mol. The number of para-hydroxylation sites is 1. The fourth-order valence-corrected chi connectivity index (χ4v) is 3.87. The topological polar surface area (TPSA) is 66.3 Å². The van der Waals surface area contributed by atoms with Crippen molar-refractivity contribution in [3.63, 3.8) is 0 Å². The third-order valence-electron chi connectivity index (χ3n) is 5.17. The van der Waals surface area contributed by atoms with E-state index in [4.69, 9.17) is 0 Å². The average molecular weight is 345 g/mol. The van der Waals surface area contributed by atoms with Crippen LogP contribution < -0.4 is 0 Å². The molecular weight excluding hydrogens is 326 g/mol. The van der Waals surface area contributed by atoms with Crippen LogP contribution in [0.3, 0.4) is 0 Å². The number of piperidine rings is 1. The number of nitrogens with one attached hydrogen (secondary N) is 1. The summed E-state index contributed by atoms with van der Waals surface area (Å²) in [5.74, 6) is 1.20. The molecule has 1 aliphatic rings. The van der Waals surface area contributed by atoms with Crippen LogP contribution in [-0.2, 0) is 0 Å². The van der Waals surface area contributed by atoms with Crippen LogP contribution in [-0.4, -0.2) is 43.5 Å². The lowest BCUT2D eigenvalue weighted by Crippen LogP contribution is -2.39. The first kappa shape index (κ1) is 15.1. The smallest absolute Gasteiger partial charge is 0.270 e. The summed E-state index contributed by atoms with van der Waals surface area (Å²) in [6, 6.07) is 15.8. The van der Waals surface area contributed by atoms with Crippen molar-refractivity contribution in [1.82, 2.24) is 24.5 Å². The highest BCUT2D eigenvalue weighted by Crippen LogP contribution is 2.27. The van der Waals surface area contributed by atoms with Crippen molar-refractivity contribution in [3.8, 4) is 0 Å². The predicted molar refractivity (Wildman–Crippen MR) is 99.2 cm³/mol. The second-order valence-corrected chi connectivity index (χ2v) is 6.85. The lowest BCUT2D eigenvalue weighted by atomic mass is 9.97. The van der Waals surface area contributed by atoms with Crippen LogP contribution in [0.25, 0.3) is 16.6 Å². The molecule has 1 aromatic carbocycles. The van der Waals surface area contributed by atoms with Gasteiger partial charge in [0.2, 0.25) is 0 Å². The number of H-pyrrole nitrogens is 1. The van der Waals surface area contributed by atoms with Gasteiger partial charge in [0.05, 0.1) is 0 Å². The third kappa shape index (κ3) is 2.45. The number of fused-ring (bicyclic) bond motifs is 2. The molecule has 0 spiro atoms. The first-order valence-corrected chi connectivity index (χ1v) is 8.96. The van der Waals surface area contributed by atoms with Crippen LogP contribution >= 0.6 is 0 Å². The van der Waals surface area contributed by atoms with E-state index in [0.717, 1.165) is 41.8 Å². The summed E-state index contributed by atoms with van der Waals surface area (Å²) in [6.45, 7) is 1.45. The predicted octanol–water partition coefficient (Wildman–Crippen LogP) is 3.23. The van der Waals surface area contributed by atoms with E-state index in [1.165, 1.54) is 0 Å². The fraction of sp³-hybridized carbons (Fsp3) is 0.250. The highest BCUT2D eigenvalue weighted by molar-refractivity contribution is 5.98. The summed E-state index contributed by atoms with van der Waals surface area (Å²) in [4.78, 5) is 18.2. The van der Waals surface area contributed by atoms with Crippen molar-refractivity contribution < 1.29 is 4.79 Å². The molecule has 130 valence electrons. The van der Waals surface area contributed by atoms with Crippen LogP contribution in [0.1, 0.15) is 35.1 Å². The molecule has 1 unspecified atom stereocenters. The molecule has 5 rings (SSSR count). The maximum Gasteiger partial charge on any atom is 0.270 e. The van der Waals surface area contributed by atoms with Crippen LogP contribution in [0.5, 0.6) is 0 Å². The summed E-state index contributed by atoms with van der Waals surface area (Å²) in [5.41, 5.74) is 2.49. The minimum absolute atomic E-state index is 0.0553. The van der Waals surface area contributed by atoms with Gasteiger partial charge in [0, 0.05) is 36.1 Å². The number of carbonyl (C=O) groups is 1. The number of benzene rings is 1. The number of nitrogens with zero attached hydrogens (tertiary/aromatic N) is 4. The van der Waals surface area contributed by atoms with Gasteiger partial charge in [0.15, 0.2) is 5.65 Å². The number of likely N-dealkylation sites (tertiary alicyclic amines) is 1. The largest absolute Gasteiger partial charge is 0.351 e. The summed E-state index contributed by atoms with van der Waals surface area (Å²) < 4.78 is 2.03. The Labute approximate surface area is 150 Å². The van der Waals surface area contributed by atoms with Gasteiger partial charge < -0.3 is 9.88 Å². The second-order valence-electron chi connectivity index (χ2n) is 6.85. The van der Waals surface area contributed by atoms with Crippen molar-refractivity contribution in [3.05, 3.63) is 66.2 Å². The molecule has 6 nitrogen and oxygen atoms in total. The Kier molecular flexibility index (Phi) is 3.48. The van der Waals surface area contributed by atoms with Crippen molar-refractivity contribution in [2.24, 2.45) is 0 Å². The van der Waals surface area contributed by atoms with Gasteiger partial charge in [-0.25, -0.2) is 0 Å². The molecule has 0 bridgehead atoms. The Morgan fingerprint density at radius 3 is 2.92 bits per heavy atom. The Morgan fingerprint density at radius 1 is 1.12 bits per heavy atom. The molecule has 3 aromatic heterocycles. The molecule has 1 N–H and O–H groups in total. The summed E-state index contributed by atoms with van der Waals surface area (Å²) in [7, 11) is 0. The van der Waals surface area contributed by atoms with Gasteiger partial charge in [-0.3, -0.25) is 9.20 Å². The van der Waals surface area contributed by atoms with E-state index in [9.17, 15) is 4.79 Å². The van der Waals surface area contributed by atoms with Gasteiger partial charge in [-0.15, -0.1) is 10.2 Å². The molecule has 1 aliphatic heterocycles. The highest BCUT2D eigenvalue weighted by atomic mass is 16.2. The molecule has 26 heavy (non-hydrogen) atoms. The molecule has 6 heteroatoms. The highest BCUT2D eigenvalue weighted by Gasteiger charge is 2.29. The number of hydrogen-bond donors (Lipinski definition) is 1. The number of pyridine rings is 1. The molecule has 1 atom stereocenters. The zero-order valence-corrected chi connectivity index (χ0v) is 14.3. The van der Waals surface area contributed by atoms with E-state index in [1.54, 1.807) is 0 Å². The third-order valence-corrected chi connectivity index (χ3v) is 5.17. The van der Waals surface area contributed by atoms with Gasteiger partial charge in [-0.05, 0) is 37.1 Å². The summed E-state index contributed by atoms with van der Waals surface area (Å²) in [5, 5.41) is 9.70. The maximum absolute atomic E-state index is 13.0. The molecule has 0 radical (unpaired) electrons. The molecule has 1 amide bonds. The van der Waals surface area contributed by atoms with Crippen LogP contribution in [0.2, 0.25) is 0 Å². The average Bonchev–Trinajstić information content (AvgIpc) is 3.31. The quantitative estimate of drug-likeness (QED) is 0.606. The minimum atomic E-state index is 0.0553. The van der Waals surface area contributed by atoms with E-state index < -0.39 is 0 Å².